The van der Waals surface area contributed by atoms with Crippen LogP contribution in [-0.4, -0.2) is 55.5 Å². The maximum Gasteiger partial charge on any atom is 0.0579 e. The topological polar surface area (TPSA) is 44.7 Å². The summed E-state index contributed by atoms with van der Waals surface area (Å²) in [5.74, 6) is 0. The van der Waals surface area contributed by atoms with E-state index >= 15 is 0 Å². The summed E-state index contributed by atoms with van der Waals surface area (Å²) in [7, 11) is 0. The van der Waals surface area contributed by atoms with E-state index in [1.165, 1.54) is 5.69 Å². The minimum atomic E-state index is 0.0136. The van der Waals surface area contributed by atoms with Crippen LogP contribution >= 0.6 is 0 Å². The van der Waals surface area contributed by atoms with Gasteiger partial charge in [0.05, 0.1) is 25.2 Å². The molecule has 0 bridgehead atoms. The predicted octanol–water partition coefficient (Wildman–Crippen LogP) is 1.57. The summed E-state index contributed by atoms with van der Waals surface area (Å²) in [6, 6.07) is 11.0. The van der Waals surface area contributed by atoms with E-state index in [1.807, 2.05) is 6.07 Å². The van der Waals surface area contributed by atoms with Gasteiger partial charge in [-0.25, -0.2) is 0 Å². The Morgan fingerprint density at radius 1 is 1.20 bits per heavy atom. The largest absolute Gasteiger partial charge is 0.396 e. The maximum absolute atomic E-state index is 9.50. The van der Waals surface area contributed by atoms with Crippen LogP contribution in [0.15, 0.2) is 30.3 Å². The first kappa shape index (κ1) is 13.9. The van der Waals surface area contributed by atoms with Crippen LogP contribution in [0.5, 0.6) is 0 Å². The van der Waals surface area contributed by atoms with Gasteiger partial charge in [0.15, 0.2) is 0 Å². The van der Waals surface area contributed by atoms with Crippen LogP contribution in [0.4, 0.5) is 5.69 Å². The Kier molecular flexibility index (Phi) is 4.24. The number of ether oxygens (including phenoxy) is 1. The number of hydrogen-bond acceptors (Lipinski definition) is 4. The number of benzene rings is 1. The number of rotatable bonds is 5. The van der Waals surface area contributed by atoms with Crippen molar-refractivity contribution < 1.29 is 9.84 Å². The van der Waals surface area contributed by atoms with Gasteiger partial charge in [-0.2, -0.15) is 0 Å². The molecule has 2 fully saturated rings. The second-order valence-corrected chi connectivity index (χ2v) is 6.21. The average Bonchev–Trinajstić information content (AvgIpc) is 2.46. The first-order chi connectivity index (χ1) is 9.80. The molecular weight excluding hydrogens is 252 g/mol. The van der Waals surface area contributed by atoms with Crippen LogP contribution in [0, 0.1) is 5.41 Å². The quantitative estimate of drug-likeness (QED) is 0.857. The van der Waals surface area contributed by atoms with E-state index in [9.17, 15) is 5.11 Å². The molecule has 0 aromatic heterocycles. The van der Waals surface area contributed by atoms with Crippen molar-refractivity contribution in [3.63, 3.8) is 0 Å². The number of anilines is 1. The minimum Gasteiger partial charge on any atom is -0.396 e. The van der Waals surface area contributed by atoms with Crippen LogP contribution < -0.4 is 5.32 Å². The monoisotopic (exact) mass is 276 g/mol. The first-order valence-corrected chi connectivity index (χ1v) is 7.52. The lowest BCUT2D eigenvalue weighted by molar-refractivity contribution is -0.149. The number of para-hydroxylation sites is 1. The van der Waals surface area contributed by atoms with Gasteiger partial charge >= 0.3 is 0 Å². The molecule has 0 radical (unpaired) electrons. The molecule has 1 aromatic carbocycles. The highest BCUT2D eigenvalue weighted by Gasteiger charge is 2.40. The van der Waals surface area contributed by atoms with Gasteiger partial charge in [0, 0.05) is 31.4 Å². The Labute approximate surface area is 120 Å². The van der Waals surface area contributed by atoms with Crippen molar-refractivity contribution >= 4 is 5.69 Å². The van der Waals surface area contributed by atoms with Gasteiger partial charge in [-0.15, -0.1) is 0 Å². The number of aliphatic hydroxyl groups is 1. The Hall–Kier alpha value is -1.10. The summed E-state index contributed by atoms with van der Waals surface area (Å²) in [4.78, 5) is 2.47. The zero-order chi connectivity index (χ0) is 13.8. The highest BCUT2D eigenvalue weighted by molar-refractivity contribution is 5.43. The summed E-state index contributed by atoms with van der Waals surface area (Å²) in [5.41, 5.74) is 1.23. The summed E-state index contributed by atoms with van der Waals surface area (Å²) < 4.78 is 5.27. The van der Waals surface area contributed by atoms with Crippen molar-refractivity contribution in [2.45, 2.75) is 18.9 Å². The number of nitrogens with one attached hydrogen (secondary N) is 1. The maximum atomic E-state index is 9.50. The molecule has 2 aliphatic heterocycles. The van der Waals surface area contributed by atoms with Gasteiger partial charge < -0.3 is 20.1 Å². The van der Waals surface area contributed by atoms with E-state index in [4.69, 9.17) is 4.74 Å². The van der Waals surface area contributed by atoms with Crippen LogP contribution in [0.2, 0.25) is 0 Å². The molecule has 0 aliphatic carbocycles. The third-order valence-electron chi connectivity index (χ3n) is 4.44. The van der Waals surface area contributed by atoms with Gasteiger partial charge in [0.1, 0.15) is 0 Å². The molecule has 110 valence electrons. The lowest BCUT2D eigenvalue weighted by Gasteiger charge is -2.45. The second kappa shape index (κ2) is 6.12. The van der Waals surface area contributed by atoms with Crippen LogP contribution in [-0.2, 0) is 4.74 Å². The SMILES string of the molecule is OCC1(CN2CCC(Nc3ccccc3)CC2)COC1. The van der Waals surface area contributed by atoms with Crippen LogP contribution in [0.1, 0.15) is 12.8 Å². The standard InChI is InChI=1S/C16H24N2O2/c19-11-16(12-20-13-16)10-18-8-6-15(7-9-18)17-14-4-2-1-3-5-14/h1-5,15,17,19H,6-13H2. The van der Waals surface area contributed by atoms with Crippen molar-refractivity contribution in [2.75, 3.05) is 44.8 Å². The average molecular weight is 276 g/mol. The summed E-state index contributed by atoms with van der Waals surface area (Å²) in [5, 5.41) is 13.1. The number of likely N-dealkylation sites (tertiary alicyclic amines) is 1. The smallest absolute Gasteiger partial charge is 0.0579 e. The summed E-state index contributed by atoms with van der Waals surface area (Å²) in [6.45, 7) is 4.85. The zero-order valence-corrected chi connectivity index (χ0v) is 11.9. The van der Waals surface area contributed by atoms with Crippen molar-refractivity contribution in [1.82, 2.24) is 4.90 Å². The molecule has 0 unspecified atom stereocenters. The third-order valence-corrected chi connectivity index (χ3v) is 4.44. The third kappa shape index (κ3) is 3.14. The van der Waals surface area contributed by atoms with Gasteiger partial charge in [-0.1, -0.05) is 18.2 Å². The Bertz CT molecular complexity index is 406. The molecule has 1 aromatic rings. The molecule has 0 atom stereocenters. The molecule has 0 saturated carbocycles. The van der Waals surface area contributed by atoms with Crippen molar-refractivity contribution in [1.29, 1.82) is 0 Å². The molecule has 3 rings (SSSR count). The molecule has 4 heteroatoms. The molecule has 2 aliphatic rings. The fourth-order valence-electron chi connectivity index (χ4n) is 3.10. The summed E-state index contributed by atoms with van der Waals surface area (Å²) >= 11 is 0. The lowest BCUT2D eigenvalue weighted by Crippen LogP contribution is -2.55. The van der Waals surface area contributed by atoms with E-state index in [1.54, 1.807) is 0 Å². The number of nitrogens with zero attached hydrogens (tertiary/aromatic N) is 1. The number of hydrogen-bond donors (Lipinski definition) is 2. The van der Waals surface area contributed by atoms with Gasteiger partial charge in [-0.3, -0.25) is 0 Å². The normalized spacial score (nSPS) is 23.2. The molecule has 2 N–H and O–H groups in total. The van der Waals surface area contributed by atoms with E-state index in [2.05, 4.69) is 34.5 Å². The van der Waals surface area contributed by atoms with Crippen molar-refractivity contribution in [3.05, 3.63) is 30.3 Å². The van der Waals surface area contributed by atoms with E-state index in [0.29, 0.717) is 19.3 Å². The molecule has 0 spiro atoms. The zero-order valence-electron chi connectivity index (χ0n) is 11.9. The second-order valence-electron chi connectivity index (χ2n) is 6.21. The highest BCUT2D eigenvalue weighted by atomic mass is 16.5. The highest BCUT2D eigenvalue weighted by Crippen LogP contribution is 2.29. The van der Waals surface area contributed by atoms with E-state index in [0.717, 1.165) is 32.5 Å². The Morgan fingerprint density at radius 2 is 1.90 bits per heavy atom. The van der Waals surface area contributed by atoms with Crippen molar-refractivity contribution in [3.8, 4) is 0 Å². The molecular formula is C16H24N2O2. The van der Waals surface area contributed by atoms with Crippen LogP contribution in [0.3, 0.4) is 0 Å². The van der Waals surface area contributed by atoms with Gasteiger partial charge in [-0.05, 0) is 25.0 Å². The van der Waals surface area contributed by atoms with E-state index in [-0.39, 0.29) is 12.0 Å². The molecule has 20 heavy (non-hydrogen) atoms. The first-order valence-electron chi connectivity index (χ1n) is 7.52. The molecule has 2 heterocycles. The van der Waals surface area contributed by atoms with Gasteiger partial charge in [0.25, 0.3) is 0 Å². The number of piperidine rings is 1. The van der Waals surface area contributed by atoms with Crippen LogP contribution in [0.25, 0.3) is 0 Å². The fraction of sp³-hybridized carbons (Fsp3) is 0.625. The molecule has 0 amide bonds. The molecule has 4 nitrogen and oxygen atoms in total. The summed E-state index contributed by atoms with van der Waals surface area (Å²) in [6.07, 6.45) is 2.33. The minimum absolute atomic E-state index is 0.0136. The fourth-order valence-corrected chi connectivity index (χ4v) is 3.10. The van der Waals surface area contributed by atoms with E-state index < -0.39 is 0 Å². The lowest BCUT2D eigenvalue weighted by atomic mass is 9.85. The Balaban J connectivity index is 1.45. The predicted molar refractivity (Wildman–Crippen MR) is 79.9 cm³/mol. The van der Waals surface area contributed by atoms with Crippen molar-refractivity contribution in [2.24, 2.45) is 5.41 Å². The molecule has 2 saturated heterocycles. The number of aliphatic hydroxyl groups excluding tert-OH is 1. The van der Waals surface area contributed by atoms with Gasteiger partial charge in [0.2, 0.25) is 0 Å². The Morgan fingerprint density at radius 3 is 2.45 bits per heavy atom.